The molecule has 2 nitrogen and oxygen atoms in total. The zero-order valence-corrected chi connectivity index (χ0v) is 15.9. The molecular weight excluding hydrogens is 342 g/mol. The van der Waals surface area contributed by atoms with E-state index in [0.717, 1.165) is 30.8 Å². The highest BCUT2D eigenvalue weighted by Crippen LogP contribution is 2.15. The minimum Gasteiger partial charge on any atom is -0.346 e. The summed E-state index contributed by atoms with van der Waals surface area (Å²) in [5, 5.41) is 0. The molecule has 2 aromatic carbocycles. The molecule has 0 saturated carbocycles. The summed E-state index contributed by atoms with van der Waals surface area (Å²) in [5.41, 5.74) is 3.39. The molecule has 1 heterocycles. The van der Waals surface area contributed by atoms with Gasteiger partial charge in [0.1, 0.15) is 11.6 Å². The highest BCUT2D eigenvalue weighted by molar-refractivity contribution is 5.19. The fraction of sp³-hybridized carbons (Fsp3) is 0.304. The van der Waals surface area contributed by atoms with Crippen molar-refractivity contribution in [3.63, 3.8) is 0 Å². The summed E-state index contributed by atoms with van der Waals surface area (Å²) in [5.74, 6) is 0.113. The van der Waals surface area contributed by atoms with E-state index in [1.165, 1.54) is 30.0 Å². The molecule has 3 rings (SSSR count). The van der Waals surface area contributed by atoms with Gasteiger partial charge < -0.3 is 4.57 Å². The van der Waals surface area contributed by atoms with Crippen LogP contribution in [0.4, 0.5) is 8.78 Å². The summed E-state index contributed by atoms with van der Waals surface area (Å²) in [4.78, 5) is 2.38. The Bertz CT molecular complexity index is 836. The van der Waals surface area contributed by atoms with Gasteiger partial charge in [-0.25, -0.2) is 8.78 Å². The van der Waals surface area contributed by atoms with Crippen molar-refractivity contribution in [3.8, 4) is 0 Å². The van der Waals surface area contributed by atoms with Crippen molar-refractivity contribution in [1.29, 1.82) is 0 Å². The smallest absolute Gasteiger partial charge is 0.123 e. The van der Waals surface area contributed by atoms with Gasteiger partial charge in [0.05, 0.1) is 0 Å². The molecule has 0 fully saturated rings. The average Bonchev–Trinajstić information content (AvgIpc) is 3.05. The first kappa shape index (κ1) is 19.3. The van der Waals surface area contributed by atoms with Gasteiger partial charge in [-0.2, -0.15) is 0 Å². The van der Waals surface area contributed by atoms with Crippen molar-refractivity contribution in [2.24, 2.45) is 5.92 Å². The van der Waals surface area contributed by atoms with Crippen molar-refractivity contribution in [2.45, 2.75) is 33.5 Å². The predicted molar refractivity (Wildman–Crippen MR) is 105 cm³/mol. The van der Waals surface area contributed by atoms with E-state index in [9.17, 15) is 8.78 Å². The lowest BCUT2D eigenvalue weighted by Gasteiger charge is -2.25. The van der Waals surface area contributed by atoms with Crippen LogP contribution < -0.4 is 0 Å². The summed E-state index contributed by atoms with van der Waals surface area (Å²) in [7, 11) is 0. The van der Waals surface area contributed by atoms with Crippen molar-refractivity contribution >= 4 is 0 Å². The number of benzene rings is 2. The summed E-state index contributed by atoms with van der Waals surface area (Å²) in [6.07, 6.45) is 2.06. The Hall–Kier alpha value is -2.46. The van der Waals surface area contributed by atoms with Gasteiger partial charge in [0.2, 0.25) is 0 Å². The van der Waals surface area contributed by atoms with Crippen LogP contribution in [0.1, 0.15) is 30.7 Å². The molecule has 4 heteroatoms. The monoisotopic (exact) mass is 368 g/mol. The molecule has 1 aromatic heterocycles. The molecule has 0 unspecified atom stereocenters. The van der Waals surface area contributed by atoms with E-state index < -0.39 is 0 Å². The van der Waals surface area contributed by atoms with Crippen molar-refractivity contribution < 1.29 is 8.78 Å². The van der Waals surface area contributed by atoms with Gasteiger partial charge in [-0.05, 0) is 53.4 Å². The standard InChI is InChI=1S/C23H26F2N2/c1-18(2)14-26(15-19-5-9-21(24)10-6-19)17-23-4-3-13-27(23)16-20-7-11-22(25)12-8-20/h3-13,18H,14-17H2,1-2H3. The number of aromatic nitrogens is 1. The van der Waals surface area contributed by atoms with Crippen LogP contribution in [0.15, 0.2) is 66.9 Å². The van der Waals surface area contributed by atoms with Gasteiger partial charge in [0.25, 0.3) is 0 Å². The molecule has 0 radical (unpaired) electrons. The third-order valence-corrected chi connectivity index (χ3v) is 4.52. The Balaban J connectivity index is 1.72. The molecule has 3 aromatic rings. The number of hydrogen-bond acceptors (Lipinski definition) is 1. The van der Waals surface area contributed by atoms with Crippen molar-refractivity contribution in [3.05, 3.63) is 95.3 Å². The van der Waals surface area contributed by atoms with Gasteiger partial charge in [-0.1, -0.05) is 38.1 Å². The Morgan fingerprint density at radius 2 is 1.41 bits per heavy atom. The zero-order valence-electron chi connectivity index (χ0n) is 15.9. The van der Waals surface area contributed by atoms with Crippen LogP contribution in [0.25, 0.3) is 0 Å². The molecule has 0 saturated heterocycles. The lowest BCUT2D eigenvalue weighted by Crippen LogP contribution is -2.28. The largest absolute Gasteiger partial charge is 0.346 e. The molecule has 0 aliphatic carbocycles. The van der Waals surface area contributed by atoms with E-state index in [0.29, 0.717) is 12.5 Å². The minimum atomic E-state index is -0.214. The van der Waals surface area contributed by atoms with E-state index in [2.05, 4.69) is 35.6 Å². The normalized spacial score (nSPS) is 11.5. The fourth-order valence-corrected chi connectivity index (χ4v) is 3.31. The lowest BCUT2D eigenvalue weighted by atomic mass is 10.1. The van der Waals surface area contributed by atoms with E-state index in [-0.39, 0.29) is 11.6 Å². The second kappa shape index (κ2) is 8.96. The van der Waals surface area contributed by atoms with Gasteiger partial charge >= 0.3 is 0 Å². The van der Waals surface area contributed by atoms with Gasteiger partial charge in [0.15, 0.2) is 0 Å². The predicted octanol–water partition coefficient (Wildman–Crippen LogP) is 5.47. The second-order valence-corrected chi connectivity index (χ2v) is 7.44. The van der Waals surface area contributed by atoms with Crippen LogP contribution in [-0.2, 0) is 19.6 Å². The SMILES string of the molecule is CC(C)CN(Cc1ccc(F)cc1)Cc1cccn1Cc1ccc(F)cc1. The Morgan fingerprint density at radius 1 is 0.815 bits per heavy atom. The number of nitrogens with zero attached hydrogens (tertiary/aromatic N) is 2. The Morgan fingerprint density at radius 3 is 2.00 bits per heavy atom. The molecule has 27 heavy (non-hydrogen) atoms. The second-order valence-electron chi connectivity index (χ2n) is 7.44. The minimum absolute atomic E-state index is 0.206. The van der Waals surface area contributed by atoms with Gasteiger partial charge in [0, 0.05) is 38.1 Å². The van der Waals surface area contributed by atoms with E-state index >= 15 is 0 Å². The number of hydrogen-bond donors (Lipinski definition) is 0. The quantitative estimate of drug-likeness (QED) is 0.512. The highest BCUT2D eigenvalue weighted by atomic mass is 19.1. The van der Waals surface area contributed by atoms with Crippen molar-refractivity contribution in [1.82, 2.24) is 9.47 Å². The van der Waals surface area contributed by atoms with Crippen LogP contribution in [0.3, 0.4) is 0 Å². The molecule has 0 aliphatic heterocycles. The third kappa shape index (κ3) is 5.76. The summed E-state index contributed by atoms with van der Waals surface area (Å²) >= 11 is 0. The van der Waals surface area contributed by atoms with E-state index in [1.54, 1.807) is 0 Å². The molecular formula is C23H26F2N2. The van der Waals surface area contributed by atoms with Crippen LogP contribution in [0, 0.1) is 17.6 Å². The average molecular weight is 368 g/mol. The first-order chi connectivity index (χ1) is 13.0. The van der Waals surface area contributed by atoms with Gasteiger partial charge in [-0.3, -0.25) is 4.90 Å². The maximum Gasteiger partial charge on any atom is 0.123 e. The first-order valence-corrected chi connectivity index (χ1v) is 9.35. The van der Waals surface area contributed by atoms with Crippen LogP contribution in [0.5, 0.6) is 0 Å². The number of rotatable bonds is 8. The first-order valence-electron chi connectivity index (χ1n) is 9.35. The summed E-state index contributed by atoms with van der Waals surface area (Å²) in [6, 6.07) is 17.5. The van der Waals surface area contributed by atoms with Crippen molar-refractivity contribution in [2.75, 3.05) is 6.54 Å². The molecule has 142 valence electrons. The van der Waals surface area contributed by atoms with Crippen LogP contribution in [-0.4, -0.2) is 16.0 Å². The summed E-state index contributed by atoms with van der Waals surface area (Å²) in [6.45, 7) is 7.67. The van der Waals surface area contributed by atoms with E-state index in [4.69, 9.17) is 0 Å². The maximum atomic E-state index is 13.2. The molecule has 0 N–H and O–H groups in total. The lowest BCUT2D eigenvalue weighted by molar-refractivity contribution is 0.222. The van der Waals surface area contributed by atoms with E-state index in [1.807, 2.05) is 30.3 Å². The Kier molecular flexibility index (Phi) is 6.40. The fourth-order valence-electron chi connectivity index (χ4n) is 3.31. The molecule has 0 aliphatic rings. The number of halogens is 2. The molecule has 0 spiro atoms. The third-order valence-electron chi connectivity index (χ3n) is 4.52. The maximum absolute atomic E-state index is 13.2. The zero-order chi connectivity index (χ0) is 19.2. The van der Waals surface area contributed by atoms with Crippen LogP contribution in [0.2, 0.25) is 0 Å². The topological polar surface area (TPSA) is 8.17 Å². The highest BCUT2D eigenvalue weighted by Gasteiger charge is 2.12. The molecule has 0 atom stereocenters. The Labute approximate surface area is 160 Å². The molecule has 0 amide bonds. The summed E-state index contributed by atoms with van der Waals surface area (Å²) < 4.78 is 28.5. The molecule has 0 bridgehead atoms. The van der Waals surface area contributed by atoms with Crippen LogP contribution >= 0.6 is 0 Å². The van der Waals surface area contributed by atoms with Gasteiger partial charge in [-0.15, -0.1) is 0 Å².